The van der Waals surface area contributed by atoms with Crippen LogP contribution in [0.4, 0.5) is 5.69 Å². The molecule has 0 aliphatic carbocycles. The van der Waals surface area contributed by atoms with Crippen LogP contribution < -0.4 is 5.73 Å². The second-order valence-corrected chi connectivity index (χ2v) is 3.00. The highest BCUT2D eigenvalue weighted by atomic mass is 16.4. The van der Waals surface area contributed by atoms with E-state index < -0.39 is 5.97 Å². The topological polar surface area (TPSA) is 92.0 Å². The van der Waals surface area contributed by atoms with E-state index in [1.807, 2.05) is 0 Å². The highest BCUT2D eigenvalue weighted by Crippen LogP contribution is 2.21. The van der Waals surface area contributed by atoms with Crippen molar-refractivity contribution >= 4 is 22.7 Å². The minimum absolute atomic E-state index is 0.103. The van der Waals surface area contributed by atoms with Gasteiger partial charge >= 0.3 is 5.97 Å². The number of carboxylic acid groups (broad SMARTS) is 1. The molecule has 1 aromatic carbocycles. The molecule has 4 N–H and O–H groups in total. The molecule has 2 rings (SSSR count). The minimum atomic E-state index is -0.910. The molecule has 0 unspecified atom stereocenters. The maximum absolute atomic E-state index is 10.6. The SMILES string of the molecule is Nc1ccc2[nH]cnc2c1CC(=O)O. The van der Waals surface area contributed by atoms with Crippen molar-refractivity contribution in [3.8, 4) is 0 Å². The lowest BCUT2D eigenvalue weighted by molar-refractivity contribution is -0.136. The molecule has 0 aliphatic rings. The molecule has 5 nitrogen and oxygen atoms in total. The van der Waals surface area contributed by atoms with Crippen molar-refractivity contribution in [2.75, 3.05) is 5.73 Å². The van der Waals surface area contributed by atoms with Crippen molar-refractivity contribution in [1.82, 2.24) is 9.97 Å². The molecular weight excluding hydrogens is 182 g/mol. The van der Waals surface area contributed by atoms with Gasteiger partial charge < -0.3 is 15.8 Å². The monoisotopic (exact) mass is 191 g/mol. The van der Waals surface area contributed by atoms with Crippen LogP contribution in [0.15, 0.2) is 18.5 Å². The van der Waals surface area contributed by atoms with Gasteiger partial charge in [-0.15, -0.1) is 0 Å². The van der Waals surface area contributed by atoms with E-state index in [2.05, 4.69) is 9.97 Å². The van der Waals surface area contributed by atoms with Crippen molar-refractivity contribution < 1.29 is 9.90 Å². The molecule has 0 spiro atoms. The number of anilines is 1. The maximum Gasteiger partial charge on any atom is 0.307 e. The molecule has 0 radical (unpaired) electrons. The third-order valence-corrected chi connectivity index (χ3v) is 2.06. The number of H-pyrrole nitrogens is 1. The lowest BCUT2D eigenvalue weighted by Gasteiger charge is -2.02. The quantitative estimate of drug-likeness (QED) is 0.611. The Labute approximate surface area is 79.6 Å². The molecule has 1 aromatic heterocycles. The number of rotatable bonds is 2. The van der Waals surface area contributed by atoms with Gasteiger partial charge in [-0.3, -0.25) is 4.79 Å². The summed E-state index contributed by atoms with van der Waals surface area (Å²) in [5.41, 5.74) is 8.14. The van der Waals surface area contributed by atoms with Crippen molar-refractivity contribution in [2.45, 2.75) is 6.42 Å². The number of aromatic nitrogens is 2. The molecule has 0 amide bonds. The summed E-state index contributed by atoms with van der Waals surface area (Å²) >= 11 is 0. The second kappa shape index (κ2) is 3.02. The number of carboxylic acids is 1. The molecule has 0 saturated heterocycles. The second-order valence-electron chi connectivity index (χ2n) is 3.00. The molecule has 0 bridgehead atoms. The Balaban J connectivity index is 2.64. The fourth-order valence-electron chi connectivity index (χ4n) is 1.42. The van der Waals surface area contributed by atoms with E-state index in [0.717, 1.165) is 5.52 Å². The number of fused-ring (bicyclic) bond motifs is 1. The summed E-state index contributed by atoms with van der Waals surface area (Å²) in [4.78, 5) is 17.5. The highest BCUT2D eigenvalue weighted by Gasteiger charge is 2.10. The molecule has 0 atom stereocenters. The molecular formula is C9H9N3O2. The van der Waals surface area contributed by atoms with Crippen molar-refractivity contribution in [2.24, 2.45) is 0 Å². The number of carbonyl (C=O) groups is 1. The van der Waals surface area contributed by atoms with Gasteiger partial charge in [0.25, 0.3) is 0 Å². The predicted octanol–water partition coefficient (Wildman–Crippen LogP) is 0.772. The van der Waals surface area contributed by atoms with Crippen LogP contribution in [0.3, 0.4) is 0 Å². The third kappa shape index (κ3) is 1.28. The first-order valence-electron chi connectivity index (χ1n) is 4.10. The number of aliphatic carboxylic acids is 1. The van der Waals surface area contributed by atoms with E-state index in [1.54, 1.807) is 12.1 Å². The first kappa shape index (κ1) is 8.55. The summed E-state index contributed by atoms with van der Waals surface area (Å²) in [5, 5.41) is 8.69. The first-order chi connectivity index (χ1) is 6.68. The van der Waals surface area contributed by atoms with Crippen molar-refractivity contribution in [3.05, 3.63) is 24.0 Å². The number of hydrogen-bond donors (Lipinski definition) is 3. The lowest BCUT2D eigenvalue weighted by Crippen LogP contribution is -2.04. The van der Waals surface area contributed by atoms with Gasteiger partial charge in [-0.2, -0.15) is 0 Å². The van der Waals surface area contributed by atoms with Crippen molar-refractivity contribution in [3.63, 3.8) is 0 Å². The van der Waals surface area contributed by atoms with Crippen LogP contribution in [0, 0.1) is 0 Å². The Morgan fingerprint density at radius 2 is 2.36 bits per heavy atom. The van der Waals surface area contributed by atoms with E-state index in [-0.39, 0.29) is 6.42 Å². The zero-order valence-corrected chi connectivity index (χ0v) is 7.32. The highest BCUT2D eigenvalue weighted by molar-refractivity contribution is 5.87. The number of nitrogens with zero attached hydrogens (tertiary/aromatic N) is 1. The van der Waals surface area contributed by atoms with Gasteiger partial charge in [-0.05, 0) is 12.1 Å². The van der Waals surface area contributed by atoms with Crippen LogP contribution in [0.25, 0.3) is 11.0 Å². The Kier molecular flexibility index (Phi) is 1.85. The van der Waals surface area contributed by atoms with Crippen LogP contribution in [-0.2, 0) is 11.2 Å². The standard InChI is InChI=1S/C9H9N3O2/c10-6-1-2-7-9(12-4-11-7)5(6)3-8(13)14/h1-2,4H,3,10H2,(H,11,12)(H,13,14). The average molecular weight is 191 g/mol. The van der Waals surface area contributed by atoms with Gasteiger partial charge in [-0.1, -0.05) is 0 Å². The molecule has 0 fully saturated rings. The molecule has 14 heavy (non-hydrogen) atoms. The van der Waals surface area contributed by atoms with Crippen LogP contribution in [-0.4, -0.2) is 21.0 Å². The van der Waals surface area contributed by atoms with E-state index >= 15 is 0 Å². The summed E-state index contributed by atoms with van der Waals surface area (Å²) in [6.45, 7) is 0. The van der Waals surface area contributed by atoms with Crippen LogP contribution in [0.5, 0.6) is 0 Å². The smallest absolute Gasteiger partial charge is 0.307 e. The maximum atomic E-state index is 10.6. The minimum Gasteiger partial charge on any atom is -0.481 e. The normalized spacial score (nSPS) is 10.6. The summed E-state index contributed by atoms with van der Waals surface area (Å²) in [6.07, 6.45) is 1.42. The van der Waals surface area contributed by atoms with E-state index in [4.69, 9.17) is 10.8 Å². The van der Waals surface area contributed by atoms with Gasteiger partial charge in [0.05, 0.1) is 23.8 Å². The Bertz CT molecular complexity index is 490. The number of hydrogen-bond acceptors (Lipinski definition) is 3. The van der Waals surface area contributed by atoms with E-state index in [0.29, 0.717) is 16.8 Å². The third-order valence-electron chi connectivity index (χ3n) is 2.06. The van der Waals surface area contributed by atoms with Crippen LogP contribution >= 0.6 is 0 Å². The Morgan fingerprint density at radius 3 is 3.07 bits per heavy atom. The predicted molar refractivity (Wildman–Crippen MR) is 51.8 cm³/mol. The van der Waals surface area contributed by atoms with Crippen LogP contribution in [0.2, 0.25) is 0 Å². The van der Waals surface area contributed by atoms with Crippen molar-refractivity contribution in [1.29, 1.82) is 0 Å². The molecule has 0 aliphatic heterocycles. The summed E-state index contributed by atoms with van der Waals surface area (Å²) < 4.78 is 0. The van der Waals surface area contributed by atoms with Gasteiger partial charge in [0.2, 0.25) is 0 Å². The average Bonchev–Trinajstić information content (AvgIpc) is 2.57. The summed E-state index contributed by atoms with van der Waals surface area (Å²) in [5.74, 6) is -0.910. The molecule has 0 saturated carbocycles. The van der Waals surface area contributed by atoms with Gasteiger partial charge in [0.1, 0.15) is 0 Å². The van der Waals surface area contributed by atoms with E-state index in [9.17, 15) is 4.79 Å². The molecule has 72 valence electrons. The fraction of sp³-hybridized carbons (Fsp3) is 0.111. The van der Waals surface area contributed by atoms with Gasteiger partial charge in [-0.25, -0.2) is 4.98 Å². The largest absolute Gasteiger partial charge is 0.481 e. The number of imidazole rings is 1. The van der Waals surface area contributed by atoms with Gasteiger partial charge in [0, 0.05) is 11.3 Å². The first-order valence-corrected chi connectivity index (χ1v) is 4.10. The molecule has 1 heterocycles. The fourth-order valence-corrected chi connectivity index (χ4v) is 1.42. The lowest BCUT2D eigenvalue weighted by atomic mass is 10.1. The number of nitrogens with one attached hydrogen (secondary N) is 1. The van der Waals surface area contributed by atoms with Gasteiger partial charge in [0.15, 0.2) is 0 Å². The Morgan fingerprint density at radius 1 is 1.57 bits per heavy atom. The summed E-state index contributed by atoms with van der Waals surface area (Å²) in [6, 6.07) is 3.46. The zero-order chi connectivity index (χ0) is 10.1. The number of aromatic amines is 1. The zero-order valence-electron chi connectivity index (χ0n) is 7.32. The number of nitrogens with two attached hydrogens (primary N) is 1. The Hall–Kier alpha value is -2.04. The molecule has 5 heteroatoms. The number of nitrogen functional groups attached to an aromatic ring is 1. The summed E-state index contributed by atoms with van der Waals surface area (Å²) in [7, 11) is 0. The van der Waals surface area contributed by atoms with Crippen LogP contribution in [0.1, 0.15) is 5.56 Å². The number of benzene rings is 1. The van der Waals surface area contributed by atoms with E-state index in [1.165, 1.54) is 6.33 Å². The molecule has 2 aromatic rings.